The van der Waals surface area contributed by atoms with Crippen LogP contribution in [-0.4, -0.2) is 32.9 Å². The summed E-state index contributed by atoms with van der Waals surface area (Å²) in [7, 11) is -1.65. The lowest BCUT2D eigenvalue weighted by Gasteiger charge is -2.22. The Morgan fingerprint density at radius 1 is 1.38 bits per heavy atom. The van der Waals surface area contributed by atoms with E-state index in [1.165, 1.54) is 0 Å². The summed E-state index contributed by atoms with van der Waals surface area (Å²) >= 11 is 6.12. The molecule has 0 aliphatic heterocycles. The number of hydrogen-bond acceptors (Lipinski definition) is 3. The summed E-state index contributed by atoms with van der Waals surface area (Å²) in [4.78, 5) is 0.336. The van der Waals surface area contributed by atoms with Crippen LogP contribution in [-0.2, 0) is 16.6 Å². The van der Waals surface area contributed by atoms with E-state index >= 15 is 0 Å². The van der Waals surface area contributed by atoms with Crippen molar-refractivity contribution in [3.8, 4) is 0 Å². The van der Waals surface area contributed by atoms with Crippen molar-refractivity contribution in [1.82, 2.24) is 9.62 Å². The first-order chi connectivity index (χ1) is 9.90. The van der Waals surface area contributed by atoms with Gasteiger partial charge in [0.15, 0.2) is 0 Å². The smallest absolute Gasteiger partial charge is 0.243 e. The summed E-state index contributed by atoms with van der Waals surface area (Å²) in [5, 5.41) is 3.51. The number of nitrogens with zero attached hydrogens (tertiary/aromatic N) is 1. The van der Waals surface area contributed by atoms with Crippen molar-refractivity contribution < 1.29 is 8.42 Å². The maximum atomic E-state index is 12.9. The molecule has 0 radical (unpaired) electrons. The van der Waals surface area contributed by atoms with Gasteiger partial charge in [-0.2, -0.15) is 4.31 Å². The molecule has 0 unspecified atom stereocenters. The lowest BCUT2D eigenvalue weighted by molar-refractivity contribution is 0.411. The molecule has 1 aliphatic carbocycles. The van der Waals surface area contributed by atoms with E-state index < -0.39 is 10.0 Å². The molecule has 0 spiro atoms. The number of sulfonamides is 1. The lowest BCUT2D eigenvalue weighted by atomic mass is 10.1. The number of benzene rings is 1. The Morgan fingerprint density at radius 3 is 2.57 bits per heavy atom. The van der Waals surface area contributed by atoms with Crippen LogP contribution in [0.4, 0.5) is 0 Å². The Bertz CT molecular complexity index is 612. The van der Waals surface area contributed by atoms with Crippen molar-refractivity contribution in [2.75, 3.05) is 20.1 Å². The molecule has 21 heavy (non-hydrogen) atoms. The van der Waals surface area contributed by atoms with Gasteiger partial charge in [0, 0.05) is 24.7 Å². The zero-order valence-electron chi connectivity index (χ0n) is 12.8. The number of nitrogens with one attached hydrogen (secondary N) is 1. The third kappa shape index (κ3) is 3.77. The average Bonchev–Trinajstić information content (AvgIpc) is 3.23. The van der Waals surface area contributed by atoms with Gasteiger partial charge in [-0.1, -0.05) is 18.5 Å². The van der Waals surface area contributed by atoms with Gasteiger partial charge in [0.25, 0.3) is 0 Å². The maximum Gasteiger partial charge on any atom is 0.243 e. The minimum atomic E-state index is -3.48. The first-order valence-corrected chi connectivity index (χ1v) is 9.15. The summed E-state index contributed by atoms with van der Waals surface area (Å²) in [6.07, 6.45) is 2.26. The second kappa shape index (κ2) is 6.65. The summed E-state index contributed by atoms with van der Waals surface area (Å²) in [5.41, 5.74) is 1.70. The van der Waals surface area contributed by atoms with Crippen LogP contribution in [0.25, 0.3) is 0 Å². The molecular weight excluding hydrogens is 308 g/mol. The van der Waals surface area contributed by atoms with Crippen molar-refractivity contribution in [2.45, 2.75) is 38.1 Å². The van der Waals surface area contributed by atoms with Gasteiger partial charge >= 0.3 is 0 Å². The van der Waals surface area contributed by atoms with Crippen LogP contribution >= 0.6 is 11.6 Å². The Labute approximate surface area is 132 Å². The predicted octanol–water partition coefficient (Wildman–Crippen LogP) is 2.79. The monoisotopic (exact) mass is 330 g/mol. The number of hydrogen-bond donors (Lipinski definition) is 1. The van der Waals surface area contributed by atoms with Gasteiger partial charge in [-0.25, -0.2) is 8.42 Å². The molecule has 0 saturated heterocycles. The van der Waals surface area contributed by atoms with E-state index in [4.69, 9.17) is 11.6 Å². The molecule has 1 N–H and O–H groups in total. The molecule has 1 aromatic carbocycles. The molecule has 4 nitrogen and oxygen atoms in total. The van der Waals surface area contributed by atoms with Crippen molar-refractivity contribution >= 4 is 21.6 Å². The van der Waals surface area contributed by atoms with Crippen LogP contribution < -0.4 is 5.32 Å². The third-order valence-electron chi connectivity index (χ3n) is 3.93. The fourth-order valence-electron chi connectivity index (χ4n) is 2.47. The summed E-state index contributed by atoms with van der Waals surface area (Å²) in [6.45, 7) is 5.44. The van der Waals surface area contributed by atoms with Crippen LogP contribution in [0.1, 0.15) is 30.9 Å². The third-order valence-corrected chi connectivity index (χ3v) is 6.21. The molecule has 0 heterocycles. The van der Waals surface area contributed by atoms with E-state index in [1.807, 2.05) is 27.0 Å². The van der Waals surface area contributed by atoms with Crippen LogP contribution in [0.15, 0.2) is 17.0 Å². The van der Waals surface area contributed by atoms with Gasteiger partial charge in [0.2, 0.25) is 10.0 Å². The molecule has 0 bridgehead atoms. The SMILES string of the molecule is CCN(CC1CC1)S(=O)(=O)c1cc(Cl)cc(CNC)c1C. The molecule has 0 aromatic heterocycles. The fourth-order valence-corrected chi connectivity index (χ4v) is 4.60. The normalized spacial score (nSPS) is 15.7. The molecule has 2 rings (SSSR count). The minimum Gasteiger partial charge on any atom is -0.316 e. The Kier molecular flexibility index (Phi) is 5.30. The quantitative estimate of drug-likeness (QED) is 0.836. The number of halogens is 1. The Balaban J connectivity index is 2.42. The van der Waals surface area contributed by atoms with Crippen molar-refractivity contribution in [2.24, 2.45) is 5.92 Å². The van der Waals surface area contributed by atoms with Gasteiger partial charge in [-0.15, -0.1) is 0 Å². The topological polar surface area (TPSA) is 49.4 Å². The molecule has 1 aromatic rings. The van der Waals surface area contributed by atoms with Crippen molar-refractivity contribution in [1.29, 1.82) is 0 Å². The van der Waals surface area contributed by atoms with E-state index in [0.717, 1.165) is 24.0 Å². The maximum absolute atomic E-state index is 12.9. The van der Waals surface area contributed by atoms with Crippen LogP contribution in [0.2, 0.25) is 5.02 Å². The standard InChI is InChI=1S/C15H23ClN2O2S/c1-4-18(10-12-5-6-12)21(19,20)15-8-14(16)7-13(9-17-3)11(15)2/h7-8,12,17H,4-6,9-10H2,1-3H3. The molecule has 1 aliphatic rings. The van der Waals surface area contributed by atoms with Crippen LogP contribution in [0.5, 0.6) is 0 Å². The van der Waals surface area contributed by atoms with Crippen molar-refractivity contribution in [3.05, 3.63) is 28.3 Å². The lowest BCUT2D eigenvalue weighted by Crippen LogP contribution is -2.33. The molecule has 0 atom stereocenters. The van der Waals surface area contributed by atoms with Crippen LogP contribution in [0, 0.1) is 12.8 Å². The van der Waals surface area contributed by atoms with E-state index in [9.17, 15) is 8.42 Å². The Hall–Kier alpha value is -0.620. The highest BCUT2D eigenvalue weighted by molar-refractivity contribution is 7.89. The van der Waals surface area contributed by atoms with Gasteiger partial charge in [0.1, 0.15) is 0 Å². The second-order valence-electron chi connectivity index (χ2n) is 5.62. The second-order valence-corrected chi connectivity index (χ2v) is 7.96. The zero-order valence-corrected chi connectivity index (χ0v) is 14.4. The van der Waals surface area contributed by atoms with Crippen molar-refractivity contribution in [3.63, 3.8) is 0 Å². The highest BCUT2D eigenvalue weighted by Gasteiger charge is 2.32. The van der Waals surface area contributed by atoms with E-state index in [0.29, 0.717) is 35.5 Å². The highest BCUT2D eigenvalue weighted by atomic mass is 35.5. The molecular formula is C15H23ClN2O2S. The van der Waals surface area contributed by atoms with Gasteiger partial charge in [0.05, 0.1) is 4.90 Å². The molecule has 1 saturated carbocycles. The molecule has 6 heteroatoms. The first kappa shape index (κ1) is 16.7. The fraction of sp³-hybridized carbons (Fsp3) is 0.600. The first-order valence-electron chi connectivity index (χ1n) is 7.34. The largest absolute Gasteiger partial charge is 0.316 e. The van der Waals surface area contributed by atoms with Gasteiger partial charge in [-0.3, -0.25) is 0 Å². The van der Waals surface area contributed by atoms with Crippen LogP contribution in [0.3, 0.4) is 0 Å². The Morgan fingerprint density at radius 2 is 2.05 bits per heavy atom. The van der Waals surface area contributed by atoms with E-state index in [1.54, 1.807) is 10.4 Å². The average molecular weight is 331 g/mol. The molecule has 1 fully saturated rings. The van der Waals surface area contributed by atoms with Gasteiger partial charge in [-0.05, 0) is 56.0 Å². The molecule has 0 amide bonds. The summed E-state index contributed by atoms with van der Waals surface area (Å²) in [5.74, 6) is 0.524. The minimum absolute atomic E-state index is 0.336. The molecule has 118 valence electrons. The van der Waals surface area contributed by atoms with E-state index in [2.05, 4.69) is 5.32 Å². The number of rotatable bonds is 7. The highest BCUT2D eigenvalue weighted by Crippen LogP contribution is 2.33. The summed E-state index contributed by atoms with van der Waals surface area (Å²) < 4.78 is 27.4. The predicted molar refractivity (Wildman–Crippen MR) is 86.1 cm³/mol. The van der Waals surface area contributed by atoms with Gasteiger partial charge < -0.3 is 5.32 Å². The van der Waals surface area contributed by atoms with E-state index in [-0.39, 0.29) is 0 Å². The zero-order chi connectivity index (χ0) is 15.6. The summed E-state index contributed by atoms with van der Waals surface area (Å²) in [6, 6.07) is 3.39.